The number of aromatic nitrogens is 5. The molecule has 1 aromatic carbocycles. The minimum atomic E-state index is -0.305. The summed E-state index contributed by atoms with van der Waals surface area (Å²) >= 11 is 5.83. The van der Waals surface area contributed by atoms with Crippen LogP contribution in [0.1, 0.15) is 11.6 Å². The summed E-state index contributed by atoms with van der Waals surface area (Å²) in [6, 6.07) is 5.00. The highest BCUT2D eigenvalue weighted by Gasteiger charge is 2.14. The number of halogens is 2. The lowest BCUT2D eigenvalue weighted by Crippen LogP contribution is -2.09. The Morgan fingerprint density at radius 3 is 2.81 bits per heavy atom. The molecule has 0 amide bonds. The first-order valence-electron chi connectivity index (χ1n) is 6.73. The van der Waals surface area contributed by atoms with Gasteiger partial charge in [0.15, 0.2) is 5.82 Å². The van der Waals surface area contributed by atoms with E-state index in [1.165, 1.54) is 6.07 Å². The smallest absolute Gasteiger partial charge is 0.151 e. The highest BCUT2D eigenvalue weighted by Crippen LogP contribution is 2.20. The van der Waals surface area contributed by atoms with Crippen LogP contribution in [0.25, 0.3) is 11.0 Å². The predicted molar refractivity (Wildman–Crippen MR) is 78.8 cm³/mol. The summed E-state index contributed by atoms with van der Waals surface area (Å²) in [6.45, 7) is 0.665. The van der Waals surface area contributed by atoms with E-state index in [9.17, 15) is 4.39 Å². The molecule has 0 N–H and O–H groups in total. The van der Waals surface area contributed by atoms with E-state index < -0.39 is 0 Å². The van der Waals surface area contributed by atoms with Crippen molar-refractivity contribution < 1.29 is 4.39 Å². The Morgan fingerprint density at radius 2 is 2.10 bits per heavy atom. The number of imidazole rings is 1. The first kappa shape index (κ1) is 14.0. The molecule has 0 aliphatic rings. The Morgan fingerprint density at radius 1 is 1.24 bits per heavy atom. The zero-order valence-electron chi connectivity index (χ0n) is 11.6. The zero-order chi connectivity index (χ0) is 14.8. The van der Waals surface area contributed by atoms with Gasteiger partial charge in [-0.1, -0.05) is 6.07 Å². The van der Waals surface area contributed by atoms with Gasteiger partial charge in [0.2, 0.25) is 0 Å². The molecular formula is C14H15ClFN5. The van der Waals surface area contributed by atoms with E-state index in [4.69, 9.17) is 11.6 Å². The molecule has 110 valence electrons. The number of hydrogen-bond acceptors (Lipinski definition) is 3. The molecule has 0 aliphatic heterocycles. The maximum atomic E-state index is 13.9. The van der Waals surface area contributed by atoms with Gasteiger partial charge in [0, 0.05) is 32.3 Å². The van der Waals surface area contributed by atoms with Crippen molar-refractivity contribution in [3.05, 3.63) is 42.0 Å². The van der Waals surface area contributed by atoms with Crippen molar-refractivity contribution in [3.63, 3.8) is 0 Å². The third kappa shape index (κ3) is 2.63. The Kier molecular flexibility index (Phi) is 3.88. The fraction of sp³-hybridized carbons (Fsp3) is 0.357. The zero-order valence-corrected chi connectivity index (χ0v) is 12.4. The van der Waals surface area contributed by atoms with Crippen molar-refractivity contribution in [2.75, 3.05) is 5.88 Å². The van der Waals surface area contributed by atoms with Gasteiger partial charge in [0.25, 0.3) is 0 Å². The van der Waals surface area contributed by atoms with Crippen molar-refractivity contribution in [2.45, 2.75) is 19.4 Å². The lowest BCUT2D eigenvalue weighted by Gasteiger charge is -2.08. The van der Waals surface area contributed by atoms with Crippen molar-refractivity contribution >= 4 is 22.6 Å². The first-order chi connectivity index (χ1) is 10.2. The molecule has 2 aromatic heterocycles. The van der Waals surface area contributed by atoms with E-state index in [0.717, 1.165) is 17.2 Å². The second kappa shape index (κ2) is 5.81. The molecule has 2 heterocycles. The quantitative estimate of drug-likeness (QED) is 0.680. The average molecular weight is 308 g/mol. The Labute approximate surface area is 126 Å². The van der Waals surface area contributed by atoms with Crippen LogP contribution in [0.15, 0.2) is 24.5 Å². The normalized spacial score (nSPS) is 11.4. The molecule has 0 atom stereocenters. The Bertz CT molecular complexity index is 764. The number of nitrogens with zero attached hydrogens (tertiary/aromatic N) is 5. The number of aryl methyl sites for hydroxylation is 4. The highest BCUT2D eigenvalue weighted by molar-refractivity contribution is 6.17. The Hall–Kier alpha value is -1.95. The molecule has 0 saturated heterocycles. The van der Waals surface area contributed by atoms with Gasteiger partial charge in [-0.15, -0.1) is 21.8 Å². The van der Waals surface area contributed by atoms with E-state index in [2.05, 4.69) is 15.2 Å². The number of alkyl halides is 1. The van der Waals surface area contributed by atoms with Gasteiger partial charge >= 0.3 is 0 Å². The molecule has 3 aromatic rings. The van der Waals surface area contributed by atoms with E-state index in [0.29, 0.717) is 30.8 Å². The molecule has 7 heteroatoms. The van der Waals surface area contributed by atoms with Crippen LogP contribution >= 0.6 is 11.6 Å². The molecule has 0 fully saturated rings. The molecule has 0 bridgehead atoms. The van der Waals surface area contributed by atoms with Crippen molar-refractivity contribution in [3.8, 4) is 0 Å². The predicted octanol–water partition coefficient (Wildman–Crippen LogP) is 2.33. The van der Waals surface area contributed by atoms with E-state index in [-0.39, 0.29) is 5.82 Å². The fourth-order valence-corrected chi connectivity index (χ4v) is 2.60. The maximum absolute atomic E-state index is 13.9. The van der Waals surface area contributed by atoms with Gasteiger partial charge < -0.3 is 9.13 Å². The SMILES string of the molecule is Cn1cnnc1CCn1c(CCCl)nc2c(F)cccc21. The van der Waals surface area contributed by atoms with Crippen LogP contribution < -0.4 is 0 Å². The average Bonchev–Trinajstić information content (AvgIpc) is 3.02. The number of hydrogen-bond donors (Lipinski definition) is 0. The lowest BCUT2D eigenvalue weighted by molar-refractivity contribution is 0.636. The number of para-hydroxylation sites is 1. The largest absolute Gasteiger partial charge is 0.327 e. The van der Waals surface area contributed by atoms with Crippen LogP contribution in [0.2, 0.25) is 0 Å². The van der Waals surface area contributed by atoms with E-state index >= 15 is 0 Å². The third-order valence-electron chi connectivity index (χ3n) is 3.49. The summed E-state index contributed by atoms with van der Waals surface area (Å²) in [5.74, 6) is 1.83. The Balaban J connectivity index is 1.97. The van der Waals surface area contributed by atoms with E-state index in [1.54, 1.807) is 12.4 Å². The molecule has 0 aliphatic carbocycles. The standard InChI is InChI=1S/C14H15ClFN5/c1-20-9-17-19-13(20)6-8-21-11-4-2-3-10(16)14(11)18-12(21)5-7-15/h2-4,9H,5-8H2,1H3. The lowest BCUT2D eigenvalue weighted by atomic mass is 10.3. The molecular weight excluding hydrogens is 293 g/mol. The van der Waals surface area contributed by atoms with Crippen LogP contribution in [-0.4, -0.2) is 30.2 Å². The monoisotopic (exact) mass is 307 g/mol. The molecule has 3 rings (SSSR count). The van der Waals surface area contributed by atoms with Crippen LogP contribution in [0.4, 0.5) is 4.39 Å². The summed E-state index contributed by atoms with van der Waals surface area (Å²) in [5.41, 5.74) is 1.19. The third-order valence-corrected chi connectivity index (χ3v) is 3.68. The summed E-state index contributed by atoms with van der Waals surface area (Å²) in [7, 11) is 1.90. The van der Waals surface area contributed by atoms with Crippen molar-refractivity contribution in [1.29, 1.82) is 0 Å². The summed E-state index contributed by atoms with van der Waals surface area (Å²) in [4.78, 5) is 4.38. The van der Waals surface area contributed by atoms with Gasteiger partial charge in [-0.2, -0.15) is 0 Å². The van der Waals surface area contributed by atoms with Crippen LogP contribution in [0.3, 0.4) is 0 Å². The molecule has 5 nitrogen and oxygen atoms in total. The van der Waals surface area contributed by atoms with Gasteiger partial charge in [-0.05, 0) is 12.1 Å². The van der Waals surface area contributed by atoms with Crippen LogP contribution in [-0.2, 0) is 26.4 Å². The van der Waals surface area contributed by atoms with Gasteiger partial charge in [0.05, 0.1) is 5.52 Å². The van der Waals surface area contributed by atoms with Gasteiger partial charge in [-0.25, -0.2) is 9.37 Å². The number of fused-ring (bicyclic) bond motifs is 1. The highest BCUT2D eigenvalue weighted by atomic mass is 35.5. The van der Waals surface area contributed by atoms with Gasteiger partial charge in [0.1, 0.15) is 23.5 Å². The second-order valence-electron chi connectivity index (χ2n) is 4.83. The minimum Gasteiger partial charge on any atom is -0.327 e. The van der Waals surface area contributed by atoms with Crippen LogP contribution in [0.5, 0.6) is 0 Å². The molecule has 0 unspecified atom stereocenters. The fourth-order valence-electron chi connectivity index (χ4n) is 2.43. The molecule has 0 spiro atoms. The summed E-state index contributed by atoms with van der Waals surface area (Å²) in [6.07, 6.45) is 2.98. The maximum Gasteiger partial charge on any atom is 0.151 e. The second-order valence-corrected chi connectivity index (χ2v) is 5.21. The summed E-state index contributed by atoms with van der Waals surface area (Å²) < 4.78 is 17.7. The summed E-state index contributed by atoms with van der Waals surface area (Å²) in [5, 5.41) is 7.93. The number of rotatable bonds is 5. The topological polar surface area (TPSA) is 48.5 Å². The van der Waals surface area contributed by atoms with E-state index in [1.807, 2.05) is 22.2 Å². The molecule has 21 heavy (non-hydrogen) atoms. The number of benzene rings is 1. The molecule has 0 saturated carbocycles. The van der Waals surface area contributed by atoms with Crippen molar-refractivity contribution in [2.24, 2.45) is 7.05 Å². The van der Waals surface area contributed by atoms with Gasteiger partial charge in [-0.3, -0.25) is 0 Å². The minimum absolute atomic E-state index is 0.305. The molecule has 0 radical (unpaired) electrons. The first-order valence-corrected chi connectivity index (χ1v) is 7.26. The van der Waals surface area contributed by atoms with Crippen LogP contribution in [0, 0.1) is 5.82 Å². The van der Waals surface area contributed by atoms with Crippen molar-refractivity contribution in [1.82, 2.24) is 24.3 Å².